The van der Waals surface area contributed by atoms with E-state index in [2.05, 4.69) is 113 Å². The van der Waals surface area contributed by atoms with Crippen LogP contribution in [-0.2, 0) is 8.85 Å². The van der Waals surface area contributed by atoms with Gasteiger partial charge in [0.05, 0.1) is 12.2 Å². The predicted molar refractivity (Wildman–Crippen MR) is 172 cm³/mol. The monoisotopic (exact) mass is 556 g/mol. The van der Waals surface area contributed by atoms with Crippen molar-refractivity contribution in [2.24, 2.45) is 17.3 Å². The molecule has 0 heterocycles. The van der Waals surface area contributed by atoms with Crippen LogP contribution in [0.5, 0.6) is 0 Å². The number of fused-ring (bicyclic) bond motifs is 1. The molecule has 0 bridgehead atoms. The van der Waals surface area contributed by atoms with Crippen molar-refractivity contribution in [1.82, 2.24) is 0 Å². The van der Waals surface area contributed by atoms with Gasteiger partial charge in [0.25, 0.3) is 0 Å². The first kappa shape index (κ1) is 31.8. The van der Waals surface area contributed by atoms with Crippen molar-refractivity contribution in [3.8, 4) is 0 Å². The Labute approximate surface area is 238 Å². The lowest BCUT2D eigenvalue weighted by Gasteiger charge is -2.45. The predicted octanol–water partition coefficient (Wildman–Crippen LogP) is 10.8. The SMILES string of the molecule is C=C1/C(=C/C=C2\CCC[C@]3(C)C(C(C)C)=CCC23)CC(O[Si](C)(C)C(C)(C)C)CC1O[Si](C)(C)C(C)(C)C. The van der Waals surface area contributed by atoms with Gasteiger partial charge in [0, 0.05) is 6.42 Å². The van der Waals surface area contributed by atoms with Gasteiger partial charge in [-0.3, -0.25) is 0 Å². The highest BCUT2D eigenvalue weighted by Crippen LogP contribution is 2.56. The molecule has 2 nitrogen and oxygen atoms in total. The molecular formula is C34H60O2Si2. The molecule has 0 aromatic rings. The summed E-state index contributed by atoms with van der Waals surface area (Å²) < 4.78 is 14.1. The first-order chi connectivity index (χ1) is 17.2. The van der Waals surface area contributed by atoms with E-state index in [1.807, 2.05) is 0 Å². The Bertz CT molecular complexity index is 983. The molecular weight excluding hydrogens is 497 g/mol. The van der Waals surface area contributed by atoms with Gasteiger partial charge in [-0.1, -0.05) is 98.3 Å². The van der Waals surface area contributed by atoms with Gasteiger partial charge in [-0.05, 0) is 96.8 Å². The molecule has 0 aromatic carbocycles. The third kappa shape index (κ3) is 6.45. The molecule has 0 radical (unpaired) electrons. The van der Waals surface area contributed by atoms with Gasteiger partial charge in [-0.25, -0.2) is 0 Å². The zero-order chi connectivity index (χ0) is 28.9. The highest BCUT2D eigenvalue weighted by atomic mass is 28.4. The molecule has 38 heavy (non-hydrogen) atoms. The lowest BCUT2D eigenvalue weighted by molar-refractivity contribution is 0.0969. The van der Waals surface area contributed by atoms with Crippen LogP contribution in [-0.4, -0.2) is 28.8 Å². The van der Waals surface area contributed by atoms with Gasteiger partial charge in [-0.2, -0.15) is 0 Å². The van der Waals surface area contributed by atoms with Crippen LogP contribution in [0, 0.1) is 17.3 Å². The molecule has 4 atom stereocenters. The molecule has 0 N–H and O–H groups in total. The van der Waals surface area contributed by atoms with E-state index in [9.17, 15) is 0 Å². The maximum atomic E-state index is 7.04. The van der Waals surface area contributed by atoms with Crippen LogP contribution in [0.4, 0.5) is 0 Å². The highest BCUT2D eigenvalue weighted by molar-refractivity contribution is 6.74. The van der Waals surface area contributed by atoms with Crippen molar-refractivity contribution in [2.45, 2.75) is 149 Å². The fourth-order valence-corrected chi connectivity index (χ4v) is 9.18. The summed E-state index contributed by atoms with van der Waals surface area (Å²) in [5.74, 6) is 1.29. The van der Waals surface area contributed by atoms with Crippen LogP contribution in [0.15, 0.2) is 47.1 Å². The molecule has 3 aliphatic carbocycles. The van der Waals surface area contributed by atoms with E-state index in [1.54, 1.807) is 11.1 Å². The summed E-state index contributed by atoms with van der Waals surface area (Å²) in [4.78, 5) is 0. The molecule has 0 aromatic heterocycles. The van der Waals surface area contributed by atoms with Crippen molar-refractivity contribution < 1.29 is 8.85 Å². The molecule has 2 fully saturated rings. The minimum atomic E-state index is -1.94. The summed E-state index contributed by atoms with van der Waals surface area (Å²) >= 11 is 0. The van der Waals surface area contributed by atoms with Crippen molar-refractivity contribution in [3.63, 3.8) is 0 Å². The number of rotatable bonds is 6. The van der Waals surface area contributed by atoms with Gasteiger partial charge in [-0.15, -0.1) is 0 Å². The lowest BCUT2D eigenvalue weighted by atomic mass is 9.62. The van der Waals surface area contributed by atoms with Gasteiger partial charge in [0.15, 0.2) is 16.6 Å². The van der Waals surface area contributed by atoms with Crippen LogP contribution < -0.4 is 0 Å². The van der Waals surface area contributed by atoms with E-state index < -0.39 is 16.6 Å². The Hall–Kier alpha value is -0.686. The maximum absolute atomic E-state index is 7.04. The quantitative estimate of drug-likeness (QED) is 0.239. The van der Waals surface area contributed by atoms with Crippen LogP contribution >= 0.6 is 0 Å². The minimum absolute atomic E-state index is 0.0429. The number of hydrogen-bond acceptors (Lipinski definition) is 2. The second-order valence-electron chi connectivity index (χ2n) is 16.1. The van der Waals surface area contributed by atoms with Gasteiger partial charge in [0.2, 0.25) is 0 Å². The van der Waals surface area contributed by atoms with Crippen LogP contribution in [0.25, 0.3) is 0 Å². The average Bonchev–Trinajstić information content (AvgIpc) is 3.10. The fraction of sp³-hybridized carbons (Fsp3) is 0.765. The third-order valence-corrected chi connectivity index (χ3v) is 20.0. The summed E-state index contributed by atoms with van der Waals surface area (Å²) in [6.45, 7) is 35.4. The molecule has 0 saturated heterocycles. The maximum Gasteiger partial charge on any atom is 0.192 e. The van der Waals surface area contributed by atoms with Crippen molar-refractivity contribution in [1.29, 1.82) is 0 Å². The smallest absolute Gasteiger partial charge is 0.192 e. The van der Waals surface area contributed by atoms with Gasteiger partial charge >= 0.3 is 0 Å². The van der Waals surface area contributed by atoms with E-state index in [1.165, 1.54) is 36.8 Å². The summed E-state index contributed by atoms with van der Waals surface area (Å²) in [6.07, 6.45) is 14.6. The topological polar surface area (TPSA) is 18.5 Å². The normalized spacial score (nSPS) is 31.8. The average molecular weight is 557 g/mol. The lowest BCUT2D eigenvalue weighted by Crippen LogP contribution is -2.49. The zero-order valence-electron chi connectivity index (χ0n) is 27.3. The van der Waals surface area contributed by atoms with E-state index in [-0.39, 0.29) is 22.3 Å². The van der Waals surface area contributed by atoms with E-state index in [0.29, 0.717) is 17.3 Å². The largest absolute Gasteiger partial charge is 0.413 e. The third-order valence-electron chi connectivity index (χ3n) is 11.0. The molecule has 216 valence electrons. The highest BCUT2D eigenvalue weighted by Gasteiger charge is 2.46. The second-order valence-corrected chi connectivity index (χ2v) is 25.7. The summed E-state index contributed by atoms with van der Waals surface area (Å²) in [7, 11) is -3.84. The first-order valence-corrected chi connectivity index (χ1v) is 21.2. The molecule has 0 amide bonds. The van der Waals surface area contributed by atoms with E-state index >= 15 is 0 Å². The molecule has 3 aliphatic rings. The van der Waals surface area contributed by atoms with Crippen LogP contribution in [0.2, 0.25) is 36.3 Å². The number of hydrogen-bond donors (Lipinski definition) is 0. The molecule has 0 aliphatic heterocycles. The Kier molecular flexibility index (Phi) is 9.17. The summed E-state index contributed by atoms with van der Waals surface area (Å²) in [6, 6.07) is 0. The second kappa shape index (κ2) is 10.9. The Balaban J connectivity index is 1.93. The van der Waals surface area contributed by atoms with Crippen LogP contribution in [0.1, 0.15) is 101 Å². The van der Waals surface area contributed by atoms with E-state index in [4.69, 9.17) is 8.85 Å². The number of allylic oxidation sites excluding steroid dienone is 5. The van der Waals surface area contributed by atoms with Crippen LogP contribution in [0.3, 0.4) is 0 Å². The first-order valence-electron chi connectivity index (χ1n) is 15.3. The van der Waals surface area contributed by atoms with Crippen molar-refractivity contribution >= 4 is 16.6 Å². The van der Waals surface area contributed by atoms with E-state index in [0.717, 1.165) is 12.8 Å². The fourth-order valence-electron chi connectivity index (χ4n) is 6.51. The Morgan fingerprint density at radius 1 is 0.974 bits per heavy atom. The van der Waals surface area contributed by atoms with Crippen molar-refractivity contribution in [3.05, 3.63) is 47.1 Å². The van der Waals surface area contributed by atoms with Gasteiger partial charge < -0.3 is 8.85 Å². The summed E-state index contributed by atoms with van der Waals surface area (Å²) in [5.41, 5.74) is 6.20. The van der Waals surface area contributed by atoms with Gasteiger partial charge in [0.1, 0.15) is 0 Å². The Morgan fingerprint density at radius 3 is 2.11 bits per heavy atom. The summed E-state index contributed by atoms with van der Waals surface area (Å²) in [5, 5.41) is 0.363. The molecule has 3 unspecified atom stereocenters. The van der Waals surface area contributed by atoms with Crippen molar-refractivity contribution in [2.75, 3.05) is 0 Å². The standard InChI is InChI=1S/C34H60O2Si2/c1-24(2)29-19-20-30-26(16-15-21-34(29,30)10)17-18-27-22-28(35-37(11,12)32(4,5)6)23-31(25(27)3)36-38(13,14)33(7,8)9/h17-19,24,28,30-31H,3,15-16,20-23H2,1-2,4-14H3/b26-17+,27-18+/t28?,30?,31?,34-/m1/s1. The zero-order valence-corrected chi connectivity index (χ0v) is 29.3. The molecule has 2 saturated carbocycles. The molecule has 4 heteroatoms. The molecule has 3 rings (SSSR count). The Morgan fingerprint density at radius 2 is 1.55 bits per heavy atom. The minimum Gasteiger partial charge on any atom is -0.413 e. The molecule has 0 spiro atoms.